The van der Waals surface area contributed by atoms with Crippen molar-refractivity contribution in [1.29, 1.82) is 0 Å². The minimum absolute atomic E-state index is 0.194. The number of piperidine rings is 4. The Labute approximate surface area is 193 Å². The lowest BCUT2D eigenvalue weighted by Crippen LogP contribution is -2.65. The fourth-order valence-corrected chi connectivity index (χ4v) is 7.11. The highest BCUT2D eigenvalue weighted by atomic mass is 16.2. The van der Waals surface area contributed by atoms with Gasteiger partial charge in [0.25, 0.3) is 5.91 Å². The van der Waals surface area contributed by atoms with E-state index in [2.05, 4.69) is 14.7 Å². The number of benzene rings is 1. The van der Waals surface area contributed by atoms with Crippen LogP contribution in [0.4, 0.5) is 0 Å². The first-order valence-electron chi connectivity index (χ1n) is 13.1. The lowest BCUT2D eigenvalue weighted by molar-refractivity contribution is -0.132. The molecule has 0 saturated carbocycles. The predicted octanol–water partition coefficient (Wildman–Crippen LogP) is 4.18. The molecule has 4 fully saturated rings. The Morgan fingerprint density at radius 2 is 1.62 bits per heavy atom. The van der Waals surface area contributed by atoms with Crippen molar-refractivity contribution in [2.45, 2.75) is 76.3 Å². The summed E-state index contributed by atoms with van der Waals surface area (Å²) in [4.78, 5) is 33.4. The summed E-state index contributed by atoms with van der Waals surface area (Å²) >= 11 is 0. The molecule has 5 nitrogen and oxygen atoms in total. The van der Waals surface area contributed by atoms with Gasteiger partial charge in [-0.05, 0) is 94.8 Å². The van der Waals surface area contributed by atoms with Crippen molar-refractivity contribution in [1.82, 2.24) is 14.7 Å². The number of carbonyl (C=O) groups excluding carboxylic acids is 2. The fraction of sp³-hybridized carbons (Fsp3) is 0.704. The second kappa shape index (κ2) is 9.94. The van der Waals surface area contributed by atoms with Crippen LogP contribution in [0.5, 0.6) is 0 Å². The maximum Gasteiger partial charge on any atom is 0.254 e. The fourth-order valence-electron chi connectivity index (χ4n) is 7.11. The van der Waals surface area contributed by atoms with E-state index < -0.39 is 0 Å². The van der Waals surface area contributed by atoms with Gasteiger partial charge >= 0.3 is 0 Å². The molecule has 4 aliphatic heterocycles. The van der Waals surface area contributed by atoms with E-state index in [1.54, 1.807) is 0 Å². The van der Waals surface area contributed by atoms with E-state index in [1.165, 1.54) is 45.2 Å². The highest BCUT2D eigenvalue weighted by Crippen LogP contribution is 2.43. The van der Waals surface area contributed by atoms with Crippen molar-refractivity contribution in [3.8, 4) is 0 Å². The summed E-state index contributed by atoms with van der Waals surface area (Å²) < 4.78 is 0. The minimum atomic E-state index is 0.194. The van der Waals surface area contributed by atoms with Crippen molar-refractivity contribution >= 4 is 11.8 Å². The Morgan fingerprint density at radius 3 is 2.41 bits per heavy atom. The summed E-state index contributed by atoms with van der Waals surface area (Å²) in [5.74, 6) is 1.68. The van der Waals surface area contributed by atoms with Gasteiger partial charge in [-0.25, -0.2) is 0 Å². The number of rotatable bonds is 5. The molecule has 2 amide bonds. The molecule has 0 spiro atoms. The molecule has 0 radical (unpaired) electrons. The van der Waals surface area contributed by atoms with Crippen molar-refractivity contribution in [3.63, 3.8) is 0 Å². The third-order valence-electron chi connectivity index (χ3n) is 8.55. The van der Waals surface area contributed by atoms with E-state index in [-0.39, 0.29) is 11.9 Å². The number of hydrogen-bond acceptors (Lipinski definition) is 3. The lowest BCUT2D eigenvalue weighted by Gasteiger charge is -2.57. The monoisotopic (exact) mass is 437 g/mol. The van der Waals surface area contributed by atoms with Crippen LogP contribution in [-0.2, 0) is 4.79 Å². The normalized spacial score (nSPS) is 30.6. The molecule has 4 saturated heterocycles. The van der Waals surface area contributed by atoms with E-state index in [0.29, 0.717) is 30.2 Å². The first-order chi connectivity index (χ1) is 15.7. The molecule has 0 N–H and O–H groups in total. The van der Waals surface area contributed by atoms with Gasteiger partial charge in [0.2, 0.25) is 5.91 Å². The average Bonchev–Trinajstić information content (AvgIpc) is 2.86. The Morgan fingerprint density at radius 1 is 0.875 bits per heavy atom. The molecule has 4 atom stereocenters. The maximum atomic E-state index is 13.6. The van der Waals surface area contributed by atoms with Crippen LogP contribution in [0, 0.1) is 11.8 Å². The number of amides is 2. The number of hydrogen-bond donors (Lipinski definition) is 0. The van der Waals surface area contributed by atoms with Gasteiger partial charge in [0.1, 0.15) is 0 Å². The lowest BCUT2D eigenvalue weighted by atomic mass is 9.69. The Kier molecular flexibility index (Phi) is 6.82. The molecule has 174 valence electrons. The summed E-state index contributed by atoms with van der Waals surface area (Å²) in [6.45, 7) is 5.20. The van der Waals surface area contributed by atoms with E-state index in [9.17, 15) is 9.59 Å². The van der Waals surface area contributed by atoms with Crippen LogP contribution in [0.3, 0.4) is 0 Å². The first-order valence-corrected chi connectivity index (χ1v) is 13.1. The van der Waals surface area contributed by atoms with Gasteiger partial charge in [-0.1, -0.05) is 18.2 Å². The Balaban J connectivity index is 1.32. The third-order valence-corrected chi connectivity index (χ3v) is 8.55. The quantitative estimate of drug-likeness (QED) is 0.694. The van der Waals surface area contributed by atoms with Crippen LogP contribution in [0.2, 0.25) is 0 Å². The van der Waals surface area contributed by atoms with E-state index in [0.717, 1.165) is 50.9 Å². The minimum Gasteiger partial charge on any atom is -0.343 e. The van der Waals surface area contributed by atoms with Gasteiger partial charge in [0, 0.05) is 43.7 Å². The zero-order valence-corrected chi connectivity index (χ0v) is 19.5. The van der Waals surface area contributed by atoms with Crippen LogP contribution in [0.25, 0.3) is 0 Å². The molecule has 0 bridgehead atoms. The van der Waals surface area contributed by atoms with E-state index in [1.807, 2.05) is 30.3 Å². The molecular formula is C27H39N3O2. The van der Waals surface area contributed by atoms with Crippen LogP contribution < -0.4 is 0 Å². The van der Waals surface area contributed by atoms with E-state index in [4.69, 9.17) is 0 Å². The van der Waals surface area contributed by atoms with Gasteiger partial charge in [0.05, 0.1) is 0 Å². The smallest absolute Gasteiger partial charge is 0.254 e. The van der Waals surface area contributed by atoms with Gasteiger partial charge in [0.15, 0.2) is 0 Å². The van der Waals surface area contributed by atoms with E-state index >= 15 is 0 Å². The van der Waals surface area contributed by atoms with Crippen LogP contribution >= 0.6 is 0 Å². The molecule has 1 aromatic carbocycles. The standard InChI is InChI=1S/C27H39N3O2/c31-25(28-16-5-2-6-17-28)15-7-14-24-23-13-9-19-29-18-8-12-22(26(23)29)20-30(24)27(32)21-10-3-1-4-11-21/h1,3-4,10-11,22-24,26H,2,5-9,12-20H2/t22-,23+,24+,26-/m0/s1. The second-order valence-electron chi connectivity index (χ2n) is 10.5. The molecule has 0 unspecified atom stereocenters. The average molecular weight is 438 g/mol. The summed E-state index contributed by atoms with van der Waals surface area (Å²) in [6, 6.07) is 10.7. The van der Waals surface area contributed by atoms with Gasteiger partial charge < -0.3 is 9.80 Å². The molecule has 5 heteroatoms. The molecule has 4 heterocycles. The Hall–Kier alpha value is -1.88. The molecule has 4 aliphatic rings. The first kappa shape index (κ1) is 21.9. The van der Waals surface area contributed by atoms with Crippen molar-refractivity contribution in [2.75, 3.05) is 32.7 Å². The zero-order valence-electron chi connectivity index (χ0n) is 19.5. The van der Waals surface area contributed by atoms with Gasteiger partial charge in [-0.2, -0.15) is 0 Å². The number of carbonyl (C=O) groups is 2. The molecule has 0 aromatic heterocycles. The van der Waals surface area contributed by atoms with Crippen molar-refractivity contribution < 1.29 is 9.59 Å². The summed E-state index contributed by atoms with van der Waals surface area (Å²) in [7, 11) is 0. The Bertz CT molecular complexity index is 789. The molecule has 0 aliphatic carbocycles. The molecule has 1 aromatic rings. The predicted molar refractivity (Wildman–Crippen MR) is 126 cm³/mol. The topological polar surface area (TPSA) is 43.9 Å². The van der Waals surface area contributed by atoms with Crippen LogP contribution in [-0.4, -0.2) is 71.3 Å². The summed E-state index contributed by atoms with van der Waals surface area (Å²) in [5.41, 5.74) is 0.809. The highest BCUT2D eigenvalue weighted by molar-refractivity contribution is 5.94. The third kappa shape index (κ3) is 4.46. The summed E-state index contributed by atoms with van der Waals surface area (Å²) in [5, 5.41) is 0. The molecule has 5 rings (SSSR count). The number of likely N-dealkylation sites (tertiary alicyclic amines) is 2. The summed E-state index contributed by atoms with van der Waals surface area (Å²) in [6.07, 6.45) is 11.0. The number of nitrogens with zero attached hydrogens (tertiary/aromatic N) is 3. The SMILES string of the molecule is O=C(CCC[C@@H]1[C@H]2CCCN3CCC[C@@H](CN1C(=O)c1ccccc1)[C@@H]23)N1CCCCC1. The zero-order chi connectivity index (χ0) is 21.9. The van der Waals surface area contributed by atoms with Crippen molar-refractivity contribution in [3.05, 3.63) is 35.9 Å². The van der Waals surface area contributed by atoms with Gasteiger partial charge in [-0.15, -0.1) is 0 Å². The van der Waals surface area contributed by atoms with Crippen LogP contribution in [0.15, 0.2) is 30.3 Å². The van der Waals surface area contributed by atoms with Crippen LogP contribution in [0.1, 0.15) is 74.6 Å². The molecular weight excluding hydrogens is 398 g/mol. The van der Waals surface area contributed by atoms with Gasteiger partial charge in [-0.3, -0.25) is 14.5 Å². The van der Waals surface area contributed by atoms with Crippen molar-refractivity contribution in [2.24, 2.45) is 11.8 Å². The molecule has 32 heavy (non-hydrogen) atoms. The maximum absolute atomic E-state index is 13.6. The second-order valence-corrected chi connectivity index (χ2v) is 10.5. The largest absolute Gasteiger partial charge is 0.343 e. The highest BCUT2D eigenvalue weighted by Gasteiger charge is 2.49.